The maximum absolute atomic E-state index is 2.60. The van der Waals surface area contributed by atoms with Gasteiger partial charge in [0, 0.05) is 17.0 Å². The van der Waals surface area contributed by atoms with Gasteiger partial charge in [0.1, 0.15) is 23.6 Å². The molecule has 0 aliphatic carbocycles. The number of benzene rings is 2. The fraction of sp³-hybridized carbons (Fsp3) is 0.464. The average molecular weight is 402 g/mol. The molecule has 158 valence electrons. The van der Waals surface area contributed by atoms with Crippen LogP contribution >= 0.6 is 0 Å². The molecule has 1 atom stereocenters. The summed E-state index contributed by atoms with van der Waals surface area (Å²) in [6.45, 7) is 16.4. The highest BCUT2D eigenvalue weighted by Crippen LogP contribution is 2.46. The Morgan fingerprint density at radius 3 is 2.07 bits per heavy atom. The van der Waals surface area contributed by atoms with Crippen LogP contribution in [0.15, 0.2) is 54.9 Å². The Labute approximate surface area is 182 Å². The van der Waals surface area contributed by atoms with Crippen LogP contribution in [0, 0.1) is 0 Å². The highest BCUT2D eigenvalue weighted by molar-refractivity contribution is 5.65. The van der Waals surface area contributed by atoms with Gasteiger partial charge in [-0.25, -0.2) is 4.57 Å². The van der Waals surface area contributed by atoms with Crippen molar-refractivity contribution >= 4 is 0 Å². The van der Waals surface area contributed by atoms with Crippen molar-refractivity contribution in [2.45, 2.75) is 84.6 Å². The van der Waals surface area contributed by atoms with E-state index in [1.165, 1.54) is 33.8 Å². The van der Waals surface area contributed by atoms with Crippen LogP contribution in [0.5, 0.6) is 0 Å². The molecule has 0 fully saturated rings. The molecule has 2 heteroatoms. The standard InChI is InChI=1S/C28H37N2/c1-8-28(9-2)21(7)24-13-10-11-14-25(24)27-29(17-18-30(27)28)26-22(19(3)4)15-12-16-23(26)20(5)6/h10-21H,8-9H2,1-7H3/q+1. The summed E-state index contributed by atoms with van der Waals surface area (Å²) >= 11 is 0. The van der Waals surface area contributed by atoms with E-state index in [9.17, 15) is 0 Å². The predicted octanol–water partition coefficient (Wildman–Crippen LogP) is 7.31. The third-order valence-corrected chi connectivity index (χ3v) is 7.58. The summed E-state index contributed by atoms with van der Waals surface area (Å²) in [5.74, 6) is 2.77. The number of imidazole rings is 1. The van der Waals surface area contributed by atoms with Gasteiger partial charge < -0.3 is 0 Å². The first kappa shape index (κ1) is 20.9. The third kappa shape index (κ3) is 2.87. The number of hydrogen-bond acceptors (Lipinski definition) is 0. The molecular formula is C28H37N2+. The topological polar surface area (TPSA) is 8.81 Å². The van der Waals surface area contributed by atoms with Crippen molar-refractivity contribution in [3.05, 3.63) is 71.5 Å². The summed E-state index contributed by atoms with van der Waals surface area (Å²) in [4.78, 5) is 0. The number of hydrogen-bond donors (Lipinski definition) is 0. The first-order valence-electron chi connectivity index (χ1n) is 11.7. The van der Waals surface area contributed by atoms with Crippen LogP contribution in [0.4, 0.5) is 0 Å². The molecule has 1 aliphatic heterocycles. The van der Waals surface area contributed by atoms with Crippen molar-refractivity contribution in [3.63, 3.8) is 0 Å². The number of aromatic nitrogens is 2. The van der Waals surface area contributed by atoms with Crippen LogP contribution in [0.1, 0.15) is 95.8 Å². The van der Waals surface area contributed by atoms with Gasteiger partial charge in [0.25, 0.3) is 5.82 Å². The predicted molar refractivity (Wildman–Crippen MR) is 127 cm³/mol. The number of rotatable bonds is 5. The Balaban J connectivity index is 2.11. The molecule has 1 unspecified atom stereocenters. The summed E-state index contributed by atoms with van der Waals surface area (Å²) in [6, 6.07) is 15.9. The van der Waals surface area contributed by atoms with Gasteiger partial charge in [0.15, 0.2) is 0 Å². The van der Waals surface area contributed by atoms with Crippen LogP contribution in [-0.4, -0.2) is 4.57 Å². The minimum Gasteiger partial charge on any atom is -0.224 e. The van der Waals surface area contributed by atoms with Crippen LogP contribution < -0.4 is 4.57 Å². The van der Waals surface area contributed by atoms with Gasteiger partial charge in [-0.3, -0.25) is 0 Å². The first-order valence-corrected chi connectivity index (χ1v) is 11.7. The van der Waals surface area contributed by atoms with Gasteiger partial charge in [-0.2, -0.15) is 4.57 Å². The van der Waals surface area contributed by atoms with Crippen LogP contribution in [0.25, 0.3) is 17.1 Å². The highest BCUT2D eigenvalue weighted by Gasteiger charge is 2.48. The minimum absolute atomic E-state index is 0.111. The molecule has 4 rings (SSSR count). The van der Waals surface area contributed by atoms with E-state index in [1.807, 2.05) is 0 Å². The normalized spacial score (nSPS) is 17.3. The van der Waals surface area contributed by atoms with E-state index in [0.29, 0.717) is 17.8 Å². The molecule has 0 N–H and O–H groups in total. The van der Waals surface area contributed by atoms with Crippen molar-refractivity contribution in [1.82, 2.24) is 4.57 Å². The van der Waals surface area contributed by atoms with E-state index in [1.54, 1.807) is 0 Å². The summed E-state index contributed by atoms with van der Waals surface area (Å²) in [5.41, 5.74) is 7.20. The van der Waals surface area contributed by atoms with Crippen LogP contribution in [0.2, 0.25) is 0 Å². The lowest BCUT2D eigenvalue weighted by molar-refractivity contribution is -0.761. The number of para-hydroxylation sites is 1. The second-order valence-electron chi connectivity index (χ2n) is 9.58. The van der Waals surface area contributed by atoms with Crippen molar-refractivity contribution in [1.29, 1.82) is 0 Å². The molecule has 2 aromatic carbocycles. The fourth-order valence-corrected chi connectivity index (χ4v) is 5.76. The maximum atomic E-state index is 2.60. The Morgan fingerprint density at radius 1 is 0.900 bits per heavy atom. The smallest absolute Gasteiger partial charge is 0.224 e. The van der Waals surface area contributed by atoms with Gasteiger partial charge in [-0.15, -0.1) is 0 Å². The van der Waals surface area contributed by atoms with E-state index in [4.69, 9.17) is 0 Å². The van der Waals surface area contributed by atoms with Crippen molar-refractivity contribution < 1.29 is 4.57 Å². The second-order valence-corrected chi connectivity index (χ2v) is 9.58. The van der Waals surface area contributed by atoms with Crippen molar-refractivity contribution in [3.8, 4) is 17.1 Å². The van der Waals surface area contributed by atoms with Crippen LogP contribution in [-0.2, 0) is 5.54 Å². The largest absolute Gasteiger partial charge is 0.294 e. The zero-order chi connectivity index (χ0) is 21.6. The molecule has 0 bridgehead atoms. The van der Waals surface area contributed by atoms with E-state index >= 15 is 0 Å². The molecule has 2 nitrogen and oxygen atoms in total. The Bertz CT molecular complexity index is 1020. The van der Waals surface area contributed by atoms with E-state index in [0.717, 1.165) is 12.8 Å². The zero-order valence-corrected chi connectivity index (χ0v) is 19.7. The summed E-state index contributed by atoms with van der Waals surface area (Å²) in [6.07, 6.45) is 6.92. The molecular weight excluding hydrogens is 364 g/mol. The zero-order valence-electron chi connectivity index (χ0n) is 19.7. The van der Waals surface area contributed by atoms with Gasteiger partial charge in [-0.05, 0) is 36.3 Å². The molecule has 0 saturated heterocycles. The second kappa shape index (κ2) is 7.72. The lowest BCUT2D eigenvalue weighted by atomic mass is 9.72. The van der Waals surface area contributed by atoms with Gasteiger partial charge in [0.2, 0.25) is 0 Å². The molecule has 1 aromatic heterocycles. The summed E-state index contributed by atoms with van der Waals surface area (Å²) in [5, 5.41) is 0. The highest BCUT2D eigenvalue weighted by atomic mass is 15.2. The molecule has 0 spiro atoms. The summed E-state index contributed by atoms with van der Waals surface area (Å²) < 4.78 is 5.09. The molecule has 1 aliphatic rings. The summed E-state index contributed by atoms with van der Waals surface area (Å²) in [7, 11) is 0. The average Bonchev–Trinajstić information content (AvgIpc) is 3.19. The molecule has 30 heavy (non-hydrogen) atoms. The number of nitrogens with zero attached hydrogens (tertiary/aromatic N) is 2. The van der Waals surface area contributed by atoms with Crippen molar-refractivity contribution in [2.24, 2.45) is 0 Å². The first-order chi connectivity index (χ1) is 14.4. The third-order valence-electron chi connectivity index (χ3n) is 7.58. The Kier molecular flexibility index (Phi) is 5.38. The van der Waals surface area contributed by atoms with Crippen molar-refractivity contribution in [2.75, 3.05) is 0 Å². The lowest BCUT2D eigenvalue weighted by Crippen LogP contribution is -2.61. The van der Waals surface area contributed by atoms with Gasteiger partial charge in [0.05, 0.1) is 5.56 Å². The maximum Gasteiger partial charge on any atom is 0.294 e. The van der Waals surface area contributed by atoms with Crippen LogP contribution in [0.3, 0.4) is 0 Å². The molecule has 0 saturated carbocycles. The Hall–Kier alpha value is -2.35. The van der Waals surface area contributed by atoms with Gasteiger partial charge in [-0.1, -0.05) is 84.9 Å². The number of fused-ring (bicyclic) bond motifs is 3. The minimum atomic E-state index is 0.111. The quantitative estimate of drug-likeness (QED) is 0.396. The van der Waals surface area contributed by atoms with E-state index in [2.05, 4.69) is 112 Å². The molecule has 3 aromatic rings. The molecule has 2 heterocycles. The fourth-order valence-electron chi connectivity index (χ4n) is 5.76. The van der Waals surface area contributed by atoms with Gasteiger partial charge >= 0.3 is 0 Å². The molecule has 0 radical (unpaired) electrons. The SMILES string of the molecule is CCC1(CC)C(C)c2ccccc2-c2n(-c3c(C(C)C)cccc3C(C)C)cc[n+]21. The lowest BCUT2D eigenvalue weighted by Gasteiger charge is -2.40. The molecule has 0 amide bonds. The Morgan fingerprint density at radius 2 is 1.50 bits per heavy atom. The van der Waals surface area contributed by atoms with E-state index < -0.39 is 0 Å². The monoisotopic (exact) mass is 401 g/mol. The van der Waals surface area contributed by atoms with E-state index in [-0.39, 0.29) is 5.54 Å².